The number of anilines is 1. The average molecular weight is 379 g/mol. The second-order valence-electron chi connectivity index (χ2n) is 5.93. The van der Waals surface area contributed by atoms with Gasteiger partial charge in [0, 0.05) is 11.9 Å². The van der Waals surface area contributed by atoms with Crippen molar-refractivity contribution < 1.29 is 18.7 Å². The number of amides is 3. The van der Waals surface area contributed by atoms with Gasteiger partial charge in [-0.05, 0) is 42.0 Å². The lowest BCUT2D eigenvalue weighted by molar-refractivity contribution is 0.0964. The number of pyridine rings is 1. The molecule has 0 fully saturated rings. The predicted octanol–water partition coefficient (Wildman–Crippen LogP) is 3.90. The fourth-order valence-electron chi connectivity index (χ4n) is 2.36. The number of benzene rings is 2. The first-order chi connectivity index (χ1) is 13.6. The highest BCUT2D eigenvalue weighted by Gasteiger charge is 2.11. The summed E-state index contributed by atoms with van der Waals surface area (Å²) in [5.41, 5.74) is 2.34. The predicted molar refractivity (Wildman–Crippen MR) is 102 cm³/mol. The van der Waals surface area contributed by atoms with Crippen molar-refractivity contribution in [3.63, 3.8) is 0 Å². The lowest BCUT2D eigenvalue weighted by Gasteiger charge is -2.07. The molecule has 7 heteroatoms. The number of nitrogens with one attached hydrogen (secondary N) is 2. The van der Waals surface area contributed by atoms with Gasteiger partial charge in [0.1, 0.15) is 5.82 Å². The first-order valence-corrected chi connectivity index (χ1v) is 8.54. The van der Waals surface area contributed by atoms with Crippen molar-refractivity contribution in [3.8, 4) is 0 Å². The number of carbonyl (C=O) groups excluding carboxylic acids is 2. The van der Waals surface area contributed by atoms with Crippen molar-refractivity contribution in [2.45, 2.75) is 13.2 Å². The van der Waals surface area contributed by atoms with Crippen molar-refractivity contribution in [1.82, 2.24) is 10.3 Å². The van der Waals surface area contributed by atoms with Gasteiger partial charge in [-0.15, -0.1) is 0 Å². The summed E-state index contributed by atoms with van der Waals surface area (Å²) in [6.45, 7) is 0.774. The van der Waals surface area contributed by atoms with Gasteiger partial charge in [-0.3, -0.25) is 15.1 Å². The van der Waals surface area contributed by atoms with Crippen molar-refractivity contribution in [2.75, 3.05) is 5.32 Å². The topological polar surface area (TPSA) is 80.3 Å². The molecule has 3 rings (SSSR count). The largest absolute Gasteiger partial charge is 0.370 e. The molecule has 0 saturated heterocycles. The molecule has 0 aliphatic rings. The molecular formula is C21H18FN3O3. The number of aromatic nitrogens is 1. The molecule has 0 aliphatic heterocycles. The van der Waals surface area contributed by atoms with Crippen molar-refractivity contribution in [2.24, 2.45) is 0 Å². The third kappa shape index (κ3) is 5.72. The van der Waals surface area contributed by atoms with Crippen LogP contribution in [0.3, 0.4) is 0 Å². The van der Waals surface area contributed by atoms with Crippen LogP contribution >= 0.6 is 0 Å². The molecule has 0 aliphatic carbocycles. The summed E-state index contributed by atoms with van der Waals surface area (Å²) in [5.74, 6) is -1.01. The summed E-state index contributed by atoms with van der Waals surface area (Å²) in [7, 11) is 0. The Hall–Kier alpha value is -3.58. The maximum Gasteiger partial charge on any atom is 0.326 e. The van der Waals surface area contributed by atoms with Crippen LogP contribution in [0.4, 0.5) is 14.9 Å². The van der Waals surface area contributed by atoms with E-state index in [1.54, 1.807) is 12.1 Å². The molecule has 2 aromatic carbocycles. The third-order valence-corrected chi connectivity index (χ3v) is 3.78. The van der Waals surface area contributed by atoms with E-state index in [-0.39, 0.29) is 5.56 Å². The van der Waals surface area contributed by atoms with Crippen LogP contribution in [0, 0.1) is 5.82 Å². The van der Waals surface area contributed by atoms with E-state index in [0.29, 0.717) is 24.6 Å². The summed E-state index contributed by atoms with van der Waals surface area (Å²) in [6.07, 6.45) is 1.38. The number of halogens is 1. The van der Waals surface area contributed by atoms with E-state index in [9.17, 15) is 14.0 Å². The van der Waals surface area contributed by atoms with Crippen LogP contribution in [0.2, 0.25) is 0 Å². The number of nitrogens with zero attached hydrogens (tertiary/aromatic N) is 1. The molecule has 142 valence electrons. The average Bonchev–Trinajstić information content (AvgIpc) is 2.71. The lowest BCUT2D eigenvalue weighted by atomic mass is 10.2. The molecule has 0 atom stereocenters. The third-order valence-electron chi connectivity index (χ3n) is 3.78. The van der Waals surface area contributed by atoms with Gasteiger partial charge in [-0.2, -0.15) is 0 Å². The fourth-order valence-corrected chi connectivity index (χ4v) is 2.36. The normalized spacial score (nSPS) is 10.3. The van der Waals surface area contributed by atoms with E-state index in [1.807, 2.05) is 30.3 Å². The molecular weight excluding hydrogens is 361 g/mol. The van der Waals surface area contributed by atoms with E-state index < -0.39 is 17.8 Å². The molecule has 0 bridgehead atoms. The van der Waals surface area contributed by atoms with Crippen molar-refractivity contribution >= 4 is 17.6 Å². The number of ether oxygens (including phenoxy) is 1. The van der Waals surface area contributed by atoms with Crippen LogP contribution in [0.25, 0.3) is 0 Å². The summed E-state index contributed by atoms with van der Waals surface area (Å²) in [4.78, 5) is 28.1. The monoisotopic (exact) mass is 379 g/mol. The van der Waals surface area contributed by atoms with Crippen LogP contribution in [-0.4, -0.2) is 16.9 Å². The van der Waals surface area contributed by atoms with Crippen molar-refractivity contribution in [3.05, 3.63) is 95.6 Å². The zero-order chi connectivity index (χ0) is 19.8. The molecule has 0 radical (unpaired) electrons. The van der Waals surface area contributed by atoms with Crippen LogP contribution in [-0.2, 0) is 18.0 Å². The molecule has 1 heterocycles. The number of rotatable bonds is 6. The molecule has 0 saturated carbocycles. The Morgan fingerprint density at radius 1 is 0.929 bits per heavy atom. The van der Waals surface area contributed by atoms with E-state index >= 15 is 0 Å². The van der Waals surface area contributed by atoms with Crippen LogP contribution in [0.15, 0.2) is 72.9 Å². The zero-order valence-electron chi connectivity index (χ0n) is 14.9. The standard InChI is InChI=1S/C21H18FN3O3/c22-17-7-10-18(11-8-17)24-21(27)25-20(26)16-6-9-19(23-12-16)14-28-13-15-4-2-1-3-5-15/h1-12H,13-14H2,(H2,24,25,26,27). The molecule has 0 unspecified atom stereocenters. The number of urea groups is 1. The molecule has 3 amide bonds. The molecule has 2 N–H and O–H groups in total. The maximum atomic E-state index is 12.9. The Morgan fingerprint density at radius 2 is 1.68 bits per heavy atom. The number of hydrogen-bond donors (Lipinski definition) is 2. The number of imide groups is 1. The SMILES string of the molecule is O=C(NC(=O)c1ccc(COCc2ccccc2)nc1)Nc1ccc(F)cc1. The van der Waals surface area contributed by atoms with E-state index in [4.69, 9.17) is 4.74 Å². The highest BCUT2D eigenvalue weighted by molar-refractivity contribution is 6.07. The Morgan fingerprint density at radius 3 is 2.36 bits per heavy atom. The second kappa shape index (κ2) is 9.38. The van der Waals surface area contributed by atoms with Gasteiger partial charge >= 0.3 is 6.03 Å². The summed E-state index contributed by atoms with van der Waals surface area (Å²) < 4.78 is 18.4. The first-order valence-electron chi connectivity index (χ1n) is 8.54. The highest BCUT2D eigenvalue weighted by Crippen LogP contribution is 2.08. The minimum absolute atomic E-state index is 0.237. The summed E-state index contributed by atoms with van der Waals surface area (Å²) in [5, 5.41) is 4.64. The molecule has 6 nitrogen and oxygen atoms in total. The minimum Gasteiger partial charge on any atom is -0.370 e. The summed E-state index contributed by atoms with van der Waals surface area (Å²) in [6, 6.07) is 17.5. The van der Waals surface area contributed by atoms with Gasteiger partial charge in [0.2, 0.25) is 0 Å². The quantitative estimate of drug-likeness (QED) is 0.681. The van der Waals surface area contributed by atoms with E-state index in [1.165, 1.54) is 30.5 Å². The van der Waals surface area contributed by atoms with E-state index in [0.717, 1.165) is 5.56 Å². The Bertz CT molecular complexity index is 929. The first kappa shape index (κ1) is 19.2. The van der Waals surface area contributed by atoms with Crippen LogP contribution in [0.1, 0.15) is 21.6 Å². The molecule has 28 heavy (non-hydrogen) atoms. The van der Waals surface area contributed by atoms with E-state index in [2.05, 4.69) is 15.6 Å². The van der Waals surface area contributed by atoms with Gasteiger partial charge in [0.05, 0.1) is 24.5 Å². The van der Waals surface area contributed by atoms with Crippen LogP contribution < -0.4 is 10.6 Å². The summed E-state index contributed by atoms with van der Waals surface area (Å²) >= 11 is 0. The Labute approximate surface area is 161 Å². The molecule has 3 aromatic rings. The van der Waals surface area contributed by atoms with Crippen molar-refractivity contribution in [1.29, 1.82) is 0 Å². The van der Waals surface area contributed by atoms with Gasteiger partial charge in [0.15, 0.2) is 0 Å². The maximum absolute atomic E-state index is 12.9. The second-order valence-corrected chi connectivity index (χ2v) is 5.93. The van der Waals surface area contributed by atoms with Gasteiger partial charge in [-0.1, -0.05) is 30.3 Å². The highest BCUT2D eigenvalue weighted by atomic mass is 19.1. The number of hydrogen-bond acceptors (Lipinski definition) is 4. The Kier molecular flexibility index (Phi) is 6.43. The van der Waals surface area contributed by atoms with Gasteiger partial charge < -0.3 is 10.1 Å². The fraction of sp³-hybridized carbons (Fsp3) is 0.0952. The lowest BCUT2D eigenvalue weighted by Crippen LogP contribution is -2.34. The van der Waals surface area contributed by atoms with Crippen LogP contribution in [0.5, 0.6) is 0 Å². The molecule has 0 spiro atoms. The smallest absolute Gasteiger partial charge is 0.326 e. The zero-order valence-corrected chi connectivity index (χ0v) is 14.9. The van der Waals surface area contributed by atoms with Gasteiger partial charge in [0.25, 0.3) is 5.91 Å². The van der Waals surface area contributed by atoms with Gasteiger partial charge in [-0.25, -0.2) is 9.18 Å². The minimum atomic E-state index is -0.716. The number of carbonyl (C=O) groups is 2. The molecule has 1 aromatic heterocycles. The Balaban J connectivity index is 1.47.